The van der Waals surface area contributed by atoms with Crippen molar-refractivity contribution < 1.29 is 15.0 Å². The van der Waals surface area contributed by atoms with Gasteiger partial charge in [0, 0.05) is 31.5 Å². The third-order valence-corrected chi connectivity index (χ3v) is 3.00. The van der Waals surface area contributed by atoms with Crippen molar-refractivity contribution in [2.75, 3.05) is 5.75 Å². The molecule has 2 N–H and O–H groups in total. The molecule has 0 spiro atoms. The summed E-state index contributed by atoms with van der Waals surface area (Å²) in [4.78, 5) is 10.7. The van der Waals surface area contributed by atoms with Crippen LogP contribution in [-0.4, -0.2) is 37.0 Å². The van der Waals surface area contributed by atoms with E-state index in [2.05, 4.69) is 5.10 Å². The van der Waals surface area contributed by atoms with Crippen molar-refractivity contribution in [1.82, 2.24) is 9.78 Å². The minimum atomic E-state index is -0.943. The summed E-state index contributed by atoms with van der Waals surface area (Å²) in [5.41, 5.74) is 0.586. The first kappa shape index (κ1) is 13.2. The first-order valence-electron chi connectivity index (χ1n) is 4.98. The minimum Gasteiger partial charge on any atom is -0.390 e. The predicted molar refractivity (Wildman–Crippen MR) is 61.9 cm³/mol. The highest BCUT2D eigenvalue weighted by molar-refractivity contribution is 8.13. The summed E-state index contributed by atoms with van der Waals surface area (Å²) in [6, 6.07) is 0. The highest BCUT2D eigenvalue weighted by atomic mass is 32.2. The van der Waals surface area contributed by atoms with E-state index in [4.69, 9.17) is 0 Å². The Bertz CT molecular complexity index is 354. The van der Waals surface area contributed by atoms with Crippen LogP contribution in [0.2, 0.25) is 0 Å². The lowest BCUT2D eigenvalue weighted by Crippen LogP contribution is -2.18. The Balaban J connectivity index is 2.41. The van der Waals surface area contributed by atoms with Gasteiger partial charge in [-0.2, -0.15) is 5.10 Å². The van der Waals surface area contributed by atoms with Crippen molar-refractivity contribution in [3.8, 4) is 0 Å². The Kier molecular flexibility index (Phi) is 4.98. The lowest BCUT2D eigenvalue weighted by atomic mass is 10.1. The van der Waals surface area contributed by atoms with Crippen LogP contribution in [0.1, 0.15) is 25.0 Å². The van der Waals surface area contributed by atoms with Crippen LogP contribution in [0.3, 0.4) is 0 Å². The smallest absolute Gasteiger partial charge is 0.185 e. The number of aromatic nitrogens is 2. The fraction of sp³-hybridized carbons (Fsp3) is 0.600. The van der Waals surface area contributed by atoms with Gasteiger partial charge in [-0.05, 0) is 6.42 Å². The molecule has 5 nitrogen and oxygen atoms in total. The molecule has 1 rings (SSSR count). The van der Waals surface area contributed by atoms with Crippen molar-refractivity contribution >= 4 is 16.9 Å². The van der Waals surface area contributed by atoms with E-state index in [0.29, 0.717) is 17.7 Å². The van der Waals surface area contributed by atoms with Crippen molar-refractivity contribution in [3.05, 3.63) is 18.0 Å². The number of aliphatic hydroxyl groups is 2. The number of aryl methyl sites for hydroxylation is 1. The van der Waals surface area contributed by atoms with Gasteiger partial charge < -0.3 is 10.2 Å². The average molecular weight is 244 g/mol. The van der Waals surface area contributed by atoms with E-state index in [9.17, 15) is 15.0 Å². The van der Waals surface area contributed by atoms with Crippen LogP contribution >= 0.6 is 11.8 Å². The van der Waals surface area contributed by atoms with Crippen molar-refractivity contribution in [3.63, 3.8) is 0 Å². The zero-order valence-corrected chi connectivity index (χ0v) is 10.1. The zero-order chi connectivity index (χ0) is 12.1. The molecule has 0 aromatic carbocycles. The fourth-order valence-corrected chi connectivity index (χ4v) is 1.94. The molecular formula is C10H16N2O3S. The van der Waals surface area contributed by atoms with Gasteiger partial charge in [0.25, 0.3) is 0 Å². The van der Waals surface area contributed by atoms with Gasteiger partial charge in [-0.25, -0.2) is 0 Å². The van der Waals surface area contributed by atoms with Gasteiger partial charge in [0.1, 0.15) is 6.10 Å². The summed E-state index contributed by atoms with van der Waals surface area (Å²) in [6.07, 6.45) is 1.75. The molecule has 1 aromatic heterocycles. The summed E-state index contributed by atoms with van der Waals surface area (Å²) in [6.45, 7) is 1.48. The van der Waals surface area contributed by atoms with Crippen LogP contribution in [0.15, 0.2) is 12.4 Å². The molecule has 1 heterocycles. The van der Waals surface area contributed by atoms with Crippen molar-refractivity contribution in [2.24, 2.45) is 7.05 Å². The second kappa shape index (κ2) is 6.03. The quantitative estimate of drug-likeness (QED) is 0.788. The summed E-state index contributed by atoms with van der Waals surface area (Å²) >= 11 is 1.15. The third kappa shape index (κ3) is 3.96. The molecule has 0 radical (unpaired) electrons. The highest BCUT2D eigenvalue weighted by Gasteiger charge is 2.19. The van der Waals surface area contributed by atoms with Crippen LogP contribution < -0.4 is 0 Å². The topological polar surface area (TPSA) is 75.3 Å². The molecular weight excluding hydrogens is 228 g/mol. The number of carbonyl (C=O) groups is 1. The first-order valence-corrected chi connectivity index (χ1v) is 5.97. The predicted octanol–water partition coefficient (Wildman–Crippen LogP) is 0.484. The van der Waals surface area contributed by atoms with Crippen LogP contribution in [0.5, 0.6) is 0 Å². The van der Waals surface area contributed by atoms with Crippen LogP contribution in [0, 0.1) is 0 Å². The maximum absolute atomic E-state index is 10.7. The van der Waals surface area contributed by atoms with E-state index in [1.165, 1.54) is 13.1 Å². The Labute approximate surface area is 98.5 Å². The molecule has 16 heavy (non-hydrogen) atoms. The number of nitrogens with zero attached hydrogens (tertiary/aromatic N) is 2. The maximum atomic E-state index is 10.7. The van der Waals surface area contributed by atoms with Gasteiger partial charge in [-0.15, -0.1) is 0 Å². The molecule has 0 bridgehead atoms. The number of carbonyl (C=O) groups excluding carboxylic acids is 1. The maximum Gasteiger partial charge on any atom is 0.185 e. The summed E-state index contributed by atoms with van der Waals surface area (Å²) in [5, 5.41) is 23.4. The van der Waals surface area contributed by atoms with E-state index in [0.717, 1.165) is 11.8 Å². The Morgan fingerprint density at radius 3 is 2.81 bits per heavy atom. The van der Waals surface area contributed by atoms with Gasteiger partial charge in [0.15, 0.2) is 5.12 Å². The monoisotopic (exact) mass is 244 g/mol. The molecule has 2 atom stereocenters. The second-order valence-electron chi connectivity index (χ2n) is 3.59. The number of hydrogen-bond acceptors (Lipinski definition) is 5. The summed E-state index contributed by atoms with van der Waals surface area (Å²) in [7, 11) is 1.74. The average Bonchev–Trinajstić information content (AvgIpc) is 2.63. The summed E-state index contributed by atoms with van der Waals surface area (Å²) in [5.74, 6) is 0.508. The van der Waals surface area contributed by atoms with E-state index in [1.54, 1.807) is 17.9 Å². The van der Waals surface area contributed by atoms with Gasteiger partial charge in [0.05, 0.1) is 12.3 Å². The lowest BCUT2D eigenvalue weighted by Gasteiger charge is -2.15. The fourth-order valence-electron chi connectivity index (χ4n) is 1.30. The second-order valence-corrected chi connectivity index (χ2v) is 4.86. The Morgan fingerprint density at radius 1 is 1.62 bits per heavy atom. The van der Waals surface area contributed by atoms with Gasteiger partial charge in [0.2, 0.25) is 0 Å². The largest absolute Gasteiger partial charge is 0.390 e. The molecule has 1 aromatic rings. The molecule has 0 saturated heterocycles. The minimum absolute atomic E-state index is 0.0167. The van der Waals surface area contributed by atoms with E-state index in [1.807, 2.05) is 0 Å². The molecule has 0 aliphatic rings. The van der Waals surface area contributed by atoms with E-state index >= 15 is 0 Å². The van der Waals surface area contributed by atoms with Crippen molar-refractivity contribution in [1.29, 1.82) is 0 Å². The standard InChI is InChI=1S/C10H16N2O3S/c1-7(13)16-4-3-9(14)10(15)8-5-11-12(2)6-8/h5-6,9-10,14-15H,3-4H2,1-2H3. The SMILES string of the molecule is CC(=O)SCCC(O)C(O)c1cnn(C)c1. The molecule has 2 unspecified atom stereocenters. The molecule has 0 amide bonds. The lowest BCUT2D eigenvalue weighted by molar-refractivity contribution is -0.109. The van der Waals surface area contributed by atoms with Gasteiger partial charge >= 0.3 is 0 Å². The summed E-state index contributed by atoms with van der Waals surface area (Å²) < 4.78 is 1.57. The van der Waals surface area contributed by atoms with Crippen LogP contribution in [0.25, 0.3) is 0 Å². The number of rotatable bonds is 5. The number of aliphatic hydroxyl groups excluding tert-OH is 2. The third-order valence-electron chi connectivity index (χ3n) is 2.15. The Morgan fingerprint density at radius 2 is 2.31 bits per heavy atom. The zero-order valence-electron chi connectivity index (χ0n) is 9.33. The number of hydrogen-bond donors (Lipinski definition) is 2. The molecule has 90 valence electrons. The van der Waals surface area contributed by atoms with Crippen LogP contribution in [0.4, 0.5) is 0 Å². The molecule has 6 heteroatoms. The van der Waals surface area contributed by atoms with E-state index in [-0.39, 0.29) is 5.12 Å². The normalized spacial score (nSPS) is 14.8. The van der Waals surface area contributed by atoms with E-state index < -0.39 is 12.2 Å². The molecule has 0 aliphatic heterocycles. The molecule has 0 aliphatic carbocycles. The molecule has 0 saturated carbocycles. The van der Waals surface area contributed by atoms with Gasteiger partial charge in [-0.3, -0.25) is 9.48 Å². The Hall–Kier alpha value is -0.850. The van der Waals surface area contributed by atoms with Crippen LogP contribution in [-0.2, 0) is 11.8 Å². The first-order chi connectivity index (χ1) is 7.50. The van der Waals surface area contributed by atoms with Crippen molar-refractivity contribution in [2.45, 2.75) is 25.6 Å². The number of thioether (sulfide) groups is 1. The highest BCUT2D eigenvalue weighted by Crippen LogP contribution is 2.19. The van der Waals surface area contributed by atoms with Gasteiger partial charge in [-0.1, -0.05) is 11.8 Å². The molecule has 0 fully saturated rings.